The van der Waals surface area contributed by atoms with Crippen molar-refractivity contribution >= 4 is 23.2 Å². The van der Waals surface area contributed by atoms with Gasteiger partial charge >= 0.3 is 6.18 Å². The average molecular weight is 464 g/mol. The highest BCUT2D eigenvalue weighted by atomic mass is 35.5. The summed E-state index contributed by atoms with van der Waals surface area (Å²) in [4.78, 5) is 12.7. The van der Waals surface area contributed by atoms with Crippen molar-refractivity contribution in [3.8, 4) is 11.5 Å². The molecule has 1 N–H and O–H groups in total. The standard InChI is InChI=1S/C24H21ClF3NO3/c1-14-8-15(2)10-19(9-14)32-13-17-11-16(4-7-22(17)31-3)23(30)29-18-5-6-21(25)20(12-18)24(26,27)28/h4-12H,13H2,1-3H3,(H,29,30). The van der Waals surface area contributed by atoms with Crippen LogP contribution in [0.15, 0.2) is 54.6 Å². The second kappa shape index (κ2) is 9.53. The summed E-state index contributed by atoms with van der Waals surface area (Å²) in [6.07, 6.45) is -4.63. The van der Waals surface area contributed by atoms with Crippen LogP contribution in [0, 0.1) is 13.8 Å². The first-order valence-electron chi connectivity index (χ1n) is 9.63. The number of hydrogen-bond acceptors (Lipinski definition) is 3. The van der Waals surface area contributed by atoms with Gasteiger partial charge in [-0.2, -0.15) is 13.2 Å². The molecule has 8 heteroatoms. The number of halogens is 4. The zero-order valence-electron chi connectivity index (χ0n) is 17.6. The summed E-state index contributed by atoms with van der Waals surface area (Å²) in [5.74, 6) is 0.632. The Bertz CT molecular complexity index is 1130. The normalized spacial score (nSPS) is 11.2. The van der Waals surface area contributed by atoms with Crippen LogP contribution >= 0.6 is 11.6 Å². The van der Waals surface area contributed by atoms with E-state index in [-0.39, 0.29) is 17.9 Å². The highest BCUT2D eigenvalue weighted by Gasteiger charge is 2.33. The Morgan fingerprint density at radius 3 is 2.31 bits per heavy atom. The van der Waals surface area contributed by atoms with Crippen LogP contribution in [0.2, 0.25) is 5.02 Å². The number of aryl methyl sites for hydroxylation is 2. The molecule has 0 fully saturated rings. The molecule has 0 bridgehead atoms. The van der Waals surface area contributed by atoms with Gasteiger partial charge in [0.05, 0.1) is 17.7 Å². The van der Waals surface area contributed by atoms with E-state index in [9.17, 15) is 18.0 Å². The highest BCUT2D eigenvalue weighted by molar-refractivity contribution is 6.31. The van der Waals surface area contributed by atoms with Gasteiger partial charge in [0.1, 0.15) is 18.1 Å². The number of hydrogen-bond donors (Lipinski definition) is 1. The third-order valence-electron chi connectivity index (χ3n) is 4.66. The van der Waals surface area contributed by atoms with E-state index in [0.29, 0.717) is 17.1 Å². The Hall–Kier alpha value is -3.19. The number of rotatable bonds is 6. The van der Waals surface area contributed by atoms with Gasteiger partial charge < -0.3 is 14.8 Å². The predicted octanol–water partition coefficient (Wildman–Crippen LogP) is 6.82. The fourth-order valence-electron chi connectivity index (χ4n) is 3.23. The summed E-state index contributed by atoms with van der Waals surface area (Å²) in [5, 5.41) is 2.03. The van der Waals surface area contributed by atoms with E-state index < -0.39 is 22.7 Å². The molecule has 0 aliphatic carbocycles. The molecule has 3 aromatic rings. The van der Waals surface area contributed by atoms with Crippen LogP contribution in [0.25, 0.3) is 0 Å². The monoisotopic (exact) mass is 463 g/mol. The summed E-state index contributed by atoms with van der Waals surface area (Å²) in [6.45, 7) is 4.07. The Morgan fingerprint density at radius 2 is 1.69 bits per heavy atom. The molecule has 3 rings (SSSR count). The molecule has 0 unspecified atom stereocenters. The number of methoxy groups -OCH3 is 1. The average Bonchev–Trinajstić information content (AvgIpc) is 2.72. The number of amides is 1. The summed E-state index contributed by atoms with van der Waals surface area (Å²) >= 11 is 5.63. The predicted molar refractivity (Wildman–Crippen MR) is 118 cm³/mol. The topological polar surface area (TPSA) is 47.6 Å². The minimum Gasteiger partial charge on any atom is -0.496 e. The van der Waals surface area contributed by atoms with Crippen molar-refractivity contribution in [1.82, 2.24) is 0 Å². The third kappa shape index (κ3) is 5.73. The molecule has 32 heavy (non-hydrogen) atoms. The maximum atomic E-state index is 13.1. The lowest BCUT2D eigenvalue weighted by molar-refractivity contribution is -0.137. The minimum atomic E-state index is -4.63. The Labute approximate surface area is 188 Å². The number of nitrogens with one attached hydrogen (secondary N) is 1. The summed E-state index contributed by atoms with van der Waals surface area (Å²) in [7, 11) is 1.50. The smallest absolute Gasteiger partial charge is 0.417 e. The van der Waals surface area contributed by atoms with Crippen LogP contribution in [0.5, 0.6) is 11.5 Å². The van der Waals surface area contributed by atoms with Crippen LogP contribution in [-0.4, -0.2) is 13.0 Å². The second-order valence-corrected chi connectivity index (χ2v) is 7.69. The number of carbonyl (C=O) groups excluding carboxylic acids is 1. The summed E-state index contributed by atoms with van der Waals surface area (Å²) in [5.41, 5.74) is 1.94. The molecule has 0 spiro atoms. The van der Waals surface area contributed by atoms with Crippen molar-refractivity contribution in [3.63, 3.8) is 0 Å². The minimum absolute atomic E-state index is 0.0180. The van der Waals surface area contributed by atoms with Crippen LogP contribution in [-0.2, 0) is 12.8 Å². The Kier molecular flexibility index (Phi) is 6.99. The van der Waals surface area contributed by atoms with Crippen molar-refractivity contribution in [1.29, 1.82) is 0 Å². The van der Waals surface area contributed by atoms with E-state index in [4.69, 9.17) is 21.1 Å². The van der Waals surface area contributed by atoms with Crippen LogP contribution < -0.4 is 14.8 Å². The lowest BCUT2D eigenvalue weighted by Gasteiger charge is -2.14. The molecule has 0 radical (unpaired) electrons. The Balaban J connectivity index is 1.80. The van der Waals surface area contributed by atoms with Gasteiger partial charge in [0.2, 0.25) is 0 Å². The van der Waals surface area contributed by atoms with Gasteiger partial charge in [-0.1, -0.05) is 17.7 Å². The molecule has 0 aliphatic rings. The van der Waals surface area contributed by atoms with Gasteiger partial charge in [-0.25, -0.2) is 0 Å². The van der Waals surface area contributed by atoms with Gasteiger partial charge in [0, 0.05) is 16.8 Å². The molecule has 0 aromatic heterocycles. The number of anilines is 1. The molecule has 0 heterocycles. The van der Waals surface area contributed by atoms with Crippen molar-refractivity contribution < 1.29 is 27.4 Å². The molecule has 0 saturated heterocycles. The second-order valence-electron chi connectivity index (χ2n) is 7.29. The van der Waals surface area contributed by atoms with E-state index >= 15 is 0 Å². The molecule has 4 nitrogen and oxygen atoms in total. The molecular formula is C24H21ClF3NO3. The van der Waals surface area contributed by atoms with Crippen LogP contribution in [0.1, 0.15) is 32.6 Å². The van der Waals surface area contributed by atoms with Gasteiger partial charge in [-0.15, -0.1) is 0 Å². The molecule has 0 aliphatic heterocycles. The lowest BCUT2D eigenvalue weighted by Crippen LogP contribution is -2.14. The Morgan fingerprint density at radius 1 is 1.00 bits per heavy atom. The quantitative estimate of drug-likeness (QED) is 0.436. The van der Waals surface area contributed by atoms with Crippen LogP contribution in [0.4, 0.5) is 18.9 Å². The van der Waals surface area contributed by atoms with Gasteiger partial charge in [0.25, 0.3) is 5.91 Å². The summed E-state index contributed by atoms with van der Waals surface area (Å²) in [6, 6.07) is 13.7. The molecule has 0 saturated carbocycles. The van der Waals surface area contributed by atoms with E-state index in [1.54, 1.807) is 12.1 Å². The fourth-order valence-corrected chi connectivity index (χ4v) is 3.46. The summed E-state index contributed by atoms with van der Waals surface area (Å²) < 4.78 is 50.4. The van der Waals surface area contributed by atoms with E-state index in [1.807, 2.05) is 32.0 Å². The van der Waals surface area contributed by atoms with Gasteiger partial charge in [0.15, 0.2) is 0 Å². The highest BCUT2D eigenvalue weighted by Crippen LogP contribution is 2.36. The maximum Gasteiger partial charge on any atom is 0.417 e. The van der Waals surface area contributed by atoms with Crippen molar-refractivity contribution in [2.75, 3.05) is 12.4 Å². The fraction of sp³-hybridized carbons (Fsp3) is 0.208. The zero-order chi connectivity index (χ0) is 23.5. The van der Waals surface area contributed by atoms with E-state index in [0.717, 1.165) is 23.3 Å². The molecule has 168 valence electrons. The number of alkyl halides is 3. The van der Waals surface area contributed by atoms with E-state index in [2.05, 4.69) is 5.32 Å². The first kappa shape index (κ1) is 23.5. The van der Waals surface area contributed by atoms with Gasteiger partial charge in [-0.05, 0) is 73.5 Å². The SMILES string of the molecule is COc1ccc(C(=O)Nc2ccc(Cl)c(C(F)(F)F)c2)cc1COc1cc(C)cc(C)c1. The third-order valence-corrected chi connectivity index (χ3v) is 4.99. The maximum absolute atomic E-state index is 13.1. The van der Waals surface area contributed by atoms with Crippen molar-refractivity contribution in [2.24, 2.45) is 0 Å². The van der Waals surface area contributed by atoms with Crippen molar-refractivity contribution in [2.45, 2.75) is 26.6 Å². The molecule has 0 atom stereocenters. The number of benzene rings is 3. The molecular weight excluding hydrogens is 443 g/mol. The molecule has 1 amide bonds. The number of ether oxygens (including phenoxy) is 2. The largest absolute Gasteiger partial charge is 0.496 e. The van der Waals surface area contributed by atoms with Crippen molar-refractivity contribution in [3.05, 3.63) is 87.4 Å². The van der Waals surface area contributed by atoms with Gasteiger partial charge in [-0.3, -0.25) is 4.79 Å². The number of carbonyl (C=O) groups is 1. The first-order valence-corrected chi connectivity index (χ1v) is 10.0. The molecule has 3 aromatic carbocycles. The lowest BCUT2D eigenvalue weighted by atomic mass is 10.1. The zero-order valence-corrected chi connectivity index (χ0v) is 18.4. The first-order chi connectivity index (χ1) is 15.1. The van der Waals surface area contributed by atoms with E-state index in [1.165, 1.54) is 19.2 Å². The van der Waals surface area contributed by atoms with Crippen LogP contribution in [0.3, 0.4) is 0 Å².